The van der Waals surface area contributed by atoms with Gasteiger partial charge < -0.3 is 21.3 Å². The molecule has 1 fully saturated rings. The third kappa shape index (κ3) is 3.92. The van der Waals surface area contributed by atoms with E-state index in [-0.39, 0.29) is 51.9 Å². The van der Waals surface area contributed by atoms with Crippen LogP contribution in [0.4, 0.5) is 0 Å². The summed E-state index contributed by atoms with van der Waals surface area (Å²) in [4.78, 5) is 0. The summed E-state index contributed by atoms with van der Waals surface area (Å²) in [6.07, 6.45) is 16.4. The quantitative estimate of drug-likeness (QED) is 0.325. The van der Waals surface area contributed by atoms with E-state index >= 15 is 0 Å². The molecule has 0 aromatic rings. The van der Waals surface area contributed by atoms with Crippen molar-refractivity contribution >= 4 is 0 Å². The van der Waals surface area contributed by atoms with Gasteiger partial charge in [-0.25, -0.2) is 0 Å². The Labute approximate surface area is 171 Å². The second-order valence-corrected chi connectivity index (χ2v) is 9.17. The van der Waals surface area contributed by atoms with Crippen LogP contribution in [0, 0.1) is 49.4 Å². The summed E-state index contributed by atoms with van der Waals surface area (Å²) in [7, 11) is 0. The monoisotopic (exact) mass is 403 g/mol. The number of hydrogen-bond donors (Lipinski definition) is 0. The zero-order valence-corrected chi connectivity index (χ0v) is 19.6. The second kappa shape index (κ2) is 7.77. The van der Waals surface area contributed by atoms with E-state index in [4.69, 9.17) is 0 Å². The molecule has 0 aliphatic heterocycles. The summed E-state index contributed by atoms with van der Waals surface area (Å²) in [6.45, 7) is 14.3. The maximum atomic E-state index is 2.60. The molecule has 3 rings (SSSR count). The Morgan fingerprint density at radius 1 is 1.08 bits per heavy atom. The average molecular weight is 405 g/mol. The molecule has 0 aromatic heterocycles. The third-order valence-electron chi connectivity index (χ3n) is 6.25. The molecule has 0 N–H and O–H groups in total. The minimum Gasteiger partial charge on any atom is -0.358 e. The van der Waals surface area contributed by atoms with Crippen molar-refractivity contribution in [2.24, 2.45) is 28.1 Å². The first kappa shape index (κ1) is 24.1. The molecule has 3 aliphatic carbocycles. The van der Waals surface area contributed by atoms with Crippen LogP contribution in [0.1, 0.15) is 60.8 Å². The largest absolute Gasteiger partial charge is 3.00 e. The minimum atomic E-state index is 0. The van der Waals surface area contributed by atoms with Gasteiger partial charge in [-0.1, -0.05) is 83.8 Å². The fourth-order valence-corrected chi connectivity index (χ4v) is 4.69. The number of hydrogen-bond acceptors (Lipinski definition) is 0. The molecule has 0 heterocycles. The number of fused-ring (bicyclic) bond motifs is 1. The van der Waals surface area contributed by atoms with Gasteiger partial charge in [0.2, 0.25) is 0 Å². The molecule has 3 atom stereocenters. The molecule has 3 aliphatic rings. The van der Waals surface area contributed by atoms with E-state index in [1.807, 2.05) is 0 Å². The molecule has 1 heteroatoms. The average Bonchev–Trinajstić information content (AvgIpc) is 3.02. The third-order valence-corrected chi connectivity index (χ3v) is 6.25. The second-order valence-electron chi connectivity index (χ2n) is 9.17. The van der Waals surface area contributed by atoms with Crippen LogP contribution >= 0.6 is 0 Å². The molecular weight excluding hydrogens is 367 g/mol. The molecule has 1 radical (unpaired) electrons. The standard InChI is InChI=1S/C21H31.2CH3.Zr/c1-19(2,3)15-10-11-16(14-15)21(6)13-12-20(4,5)17-8-7-9-18(17)21;;;/h8,10,12-14,17-18H,7,9,11H2,1-6H3;2*1H3;/q3*-1;+3. The van der Waals surface area contributed by atoms with Crippen molar-refractivity contribution in [3.8, 4) is 0 Å². The molecule has 0 saturated heterocycles. The van der Waals surface area contributed by atoms with Crippen molar-refractivity contribution in [3.63, 3.8) is 0 Å². The van der Waals surface area contributed by atoms with Crippen molar-refractivity contribution in [1.29, 1.82) is 0 Å². The summed E-state index contributed by atoms with van der Waals surface area (Å²) in [5, 5.41) is 0. The van der Waals surface area contributed by atoms with E-state index in [1.54, 1.807) is 5.57 Å². The maximum absolute atomic E-state index is 2.60. The molecule has 0 amide bonds. The Balaban J connectivity index is 0.00000176. The number of allylic oxidation sites excluding steroid dienone is 6. The van der Waals surface area contributed by atoms with Crippen molar-refractivity contribution < 1.29 is 26.2 Å². The van der Waals surface area contributed by atoms with Gasteiger partial charge >= 0.3 is 26.2 Å². The molecule has 3 unspecified atom stereocenters. The predicted molar refractivity (Wildman–Crippen MR) is 105 cm³/mol. The first-order valence-corrected chi connectivity index (χ1v) is 8.60. The molecular formula is C23H37Zr. The van der Waals surface area contributed by atoms with Crippen LogP contribution in [0.2, 0.25) is 0 Å². The molecule has 0 bridgehead atoms. The van der Waals surface area contributed by atoms with Gasteiger partial charge in [0.25, 0.3) is 0 Å². The molecule has 0 nitrogen and oxygen atoms in total. The summed E-state index contributed by atoms with van der Waals surface area (Å²) in [6, 6.07) is 0. The van der Waals surface area contributed by atoms with Crippen molar-refractivity contribution in [2.75, 3.05) is 0 Å². The van der Waals surface area contributed by atoms with E-state index in [1.165, 1.54) is 18.4 Å². The molecule has 0 spiro atoms. The SMILES string of the molecule is CC(C)(C)C1=CCC(C2(C)C=CC(C)(C)C3[CH-]CCC32)=C1.[CH3-].[CH3-].[Zr+3]. The summed E-state index contributed by atoms with van der Waals surface area (Å²) in [5.74, 6) is 1.53. The topological polar surface area (TPSA) is 0 Å². The van der Waals surface area contributed by atoms with E-state index in [0.717, 1.165) is 18.3 Å². The Kier molecular flexibility index (Phi) is 7.81. The summed E-state index contributed by atoms with van der Waals surface area (Å²) >= 11 is 0. The molecule has 1 saturated carbocycles. The molecule has 24 heavy (non-hydrogen) atoms. The van der Waals surface area contributed by atoms with Gasteiger partial charge in [-0.15, -0.1) is 0 Å². The molecule has 133 valence electrons. The van der Waals surface area contributed by atoms with Gasteiger partial charge in [-0.2, -0.15) is 12.3 Å². The fourth-order valence-electron chi connectivity index (χ4n) is 4.69. The fraction of sp³-hybridized carbons (Fsp3) is 0.609. The van der Waals surface area contributed by atoms with E-state index < -0.39 is 0 Å². The Bertz CT molecular complexity index is 527. The smallest absolute Gasteiger partial charge is 0.358 e. The van der Waals surface area contributed by atoms with Crippen LogP contribution in [0.15, 0.2) is 35.5 Å². The Hall–Kier alpha value is 0.103. The van der Waals surface area contributed by atoms with Gasteiger partial charge in [0.05, 0.1) is 0 Å². The van der Waals surface area contributed by atoms with Crippen LogP contribution < -0.4 is 0 Å². The Morgan fingerprint density at radius 2 is 1.71 bits per heavy atom. The van der Waals surface area contributed by atoms with Crippen LogP contribution in [0.25, 0.3) is 0 Å². The van der Waals surface area contributed by atoms with Crippen molar-refractivity contribution in [1.82, 2.24) is 0 Å². The normalized spacial score (nSPS) is 33.4. The van der Waals surface area contributed by atoms with Crippen LogP contribution in [-0.4, -0.2) is 0 Å². The summed E-state index contributed by atoms with van der Waals surface area (Å²) < 4.78 is 0. The first-order valence-electron chi connectivity index (χ1n) is 8.60. The Morgan fingerprint density at radius 3 is 2.25 bits per heavy atom. The van der Waals surface area contributed by atoms with Gasteiger partial charge in [0, 0.05) is 5.41 Å². The van der Waals surface area contributed by atoms with Gasteiger partial charge in [-0.05, 0) is 22.8 Å². The van der Waals surface area contributed by atoms with Crippen LogP contribution in [0.3, 0.4) is 0 Å². The zero-order chi connectivity index (χ0) is 15.5. The predicted octanol–water partition coefficient (Wildman–Crippen LogP) is 7.02. The van der Waals surface area contributed by atoms with Gasteiger partial charge in [0.15, 0.2) is 0 Å². The zero-order valence-electron chi connectivity index (χ0n) is 17.2. The van der Waals surface area contributed by atoms with Gasteiger partial charge in [0.1, 0.15) is 0 Å². The van der Waals surface area contributed by atoms with E-state index in [0.29, 0.717) is 5.41 Å². The van der Waals surface area contributed by atoms with Crippen LogP contribution in [0.5, 0.6) is 0 Å². The number of rotatable bonds is 1. The first-order chi connectivity index (χ1) is 9.64. The molecule has 0 aromatic carbocycles. The van der Waals surface area contributed by atoms with Crippen molar-refractivity contribution in [3.05, 3.63) is 56.7 Å². The summed E-state index contributed by atoms with van der Waals surface area (Å²) in [5.41, 5.74) is 4.04. The maximum Gasteiger partial charge on any atom is 3.00 e. The van der Waals surface area contributed by atoms with Gasteiger partial charge in [-0.3, -0.25) is 0 Å². The van der Waals surface area contributed by atoms with E-state index in [2.05, 4.69) is 72.3 Å². The van der Waals surface area contributed by atoms with E-state index in [9.17, 15) is 0 Å². The van der Waals surface area contributed by atoms with Crippen molar-refractivity contribution in [2.45, 2.75) is 60.8 Å². The minimum absolute atomic E-state index is 0. The van der Waals surface area contributed by atoms with Crippen LogP contribution in [-0.2, 0) is 26.2 Å².